The van der Waals surface area contributed by atoms with Crippen molar-refractivity contribution in [2.24, 2.45) is 0 Å². The average molecular weight is 1730 g/mol. The molecule has 0 saturated carbocycles. The van der Waals surface area contributed by atoms with Crippen LogP contribution in [0.15, 0.2) is 207 Å². The van der Waals surface area contributed by atoms with E-state index in [1.165, 1.54) is 122 Å². The zero-order valence-electron chi connectivity index (χ0n) is 75.9. The second kappa shape index (κ2) is 93.3. The molecule has 0 fully saturated rings. The number of rotatable bonds is 88. The summed E-state index contributed by atoms with van der Waals surface area (Å²) in [6.07, 6.45) is 126. The lowest BCUT2D eigenvalue weighted by molar-refractivity contribution is -0.161. The molecule has 0 amide bonds. The van der Waals surface area contributed by atoms with E-state index < -0.39 is 91.5 Å². The molecule has 0 aromatic carbocycles. The Bertz CT molecular complexity index is 3030. The van der Waals surface area contributed by atoms with Crippen molar-refractivity contribution in [1.82, 2.24) is 0 Å². The van der Waals surface area contributed by atoms with E-state index in [0.29, 0.717) is 19.3 Å². The van der Waals surface area contributed by atoms with Crippen LogP contribution in [0.2, 0.25) is 0 Å². The molecule has 16 nitrogen and oxygen atoms in total. The van der Waals surface area contributed by atoms with Gasteiger partial charge in [-0.15, -0.1) is 0 Å². The van der Waals surface area contributed by atoms with Gasteiger partial charge in [0.15, 0.2) is 6.10 Å². The van der Waals surface area contributed by atoms with Crippen molar-refractivity contribution in [3.63, 3.8) is 0 Å². The van der Waals surface area contributed by atoms with E-state index in [4.69, 9.17) is 32.3 Å². The van der Waals surface area contributed by atoms with Crippen molar-refractivity contribution < 1.29 is 75.8 Å². The number of esters is 3. The molecule has 0 saturated heterocycles. The van der Waals surface area contributed by atoms with Gasteiger partial charge in [0.1, 0.15) is 25.4 Å². The molecular weight excluding hydrogens is 1560 g/mol. The van der Waals surface area contributed by atoms with Crippen LogP contribution in [0.25, 0.3) is 0 Å². The Kier molecular flexibility index (Phi) is 88.8. The minimum atomic E-state index is -4.96. The summed E-state index contributed by atoms with van der Waals surface area (Å²) in [4.78, 5) is 59.1. The molecular formula is C103H170O16P2. The van der Waals surface area contributed by atoms with E-state index in [2.05, 4.69) is 227 Å². The smallest absolute Gasteiger partial charge is 0.463 e. The minimum Gasteiger partial charge on any atom is -0.463 e. The van der Waals surface area contributed by atoms with Crippen molar-refractivity contribution >= 4 is 33.6 Å². The standard InChI is InChI=1S/C103H170O16P2/c1-4-7-10-13-16-19-22-25-28-31-34-37-40-42-44-45-46-47-48-49-50-51-53-55-57-59-62-65-68-71-74-77-80-83-86-89-101(106)113-92-98(104)93-115-120(109,110)116-94-99(105)95-117-121(111,112)118-97-100(119-103(108)91-88-85-82-79-76-73-70-67-64-61-56-39-36-33-30-27-24-21-18-15-12-9-6-3)96-114-102(107)90-87-84-81-78-75-72-69-66-63-60-58-54-52-43-41-38-35-32-29-26-23-20-17-14-11-8-5-2/h7-12,16-21,25-30,34-39,42-44,46-47,52,61,64,70,73,98-100,104-105H,4-6,13-15,22-24,31-33,40-41,45,48-51,53-60,62-63,65-69,71-72,74-97H2,1-3H3,(H,109,110)(H,111,112)/b10-7-,11-8-,12-9-,19-16-,20-17-,21-18-,28-25-,29-26-,30-27-,37-34-,38-35-,39-36-,44-42-,47-46-,52-43-,64-61-,73-70-. The fourth-order valence-electron chi connectivity index (χ4n) is 12.4. The number of phosphoric ester groups is 2. The SMILES string of the molecule is CC/C=C\C/C=C\C/C=C\C/C=C\C/C=C\C/C=C\CCCCCCCCCCCCCCCCCCC(=O)OCC(O)COP(=O)(O)OCC(O)COP(=O)(O)OCC(COC(=O)CCCCCCCCCCCCC/C=C\C/C=C\C/C=C\C/C=C\C/C=C\CC)OC(=O)CCCCCC/C=C\C/C=C\C/C=C\C/C=C\C/C=C\C/C=C\CC. The maximum absolute atomic E-state index is 13.1. The lowest BCUT2D eigenvalue weighted by Gasteiger charge is -2.21. The summed E-state index contributed by atoms with van der Waals surface area (Å²) in [6, 6.07) is 0. The van der Waals surface area contributed by atoms with E-state index >= 15 is 0 Å². The Hall–Kier alpha value is -5.87. The Labute approximate surface area is 737 Å². The number of aliphatic hydroxyl groups is 2. The van der Waals surface area contributed by atoms with Gasteiger partial charge in [0.25, 0.3) is 0 Å². The quantitative estimate of drug-likeness (QED) is 0.0146. The van der Waals surface area contributed by atoms with Crippen LogP contribution in [-0.2, 0) is 55.8 Å². The van der Waals surface area contributed by atoms with Gasteiger partial charge in [0.05, 0.1) is 26.4 Å². The van der Waals surface area contributed by atoms with Gasteiger partial charge in [0, 0.05) is 19.3 Å². The van der Waals surface area contributed by atoms with Crippen LogP contribution in [0, 0.1) is 0 Å². The summed E-state index contributed by atoms with van der Waals surface area (Å²) in [5.74, 6) is -1.61. The van der Waals surface area contributed by atoms with Gasteiger partial charge in [-0.3, -0.25) is 32.5 Å². The van der Waals surface area contributed by atoms with Gasteiger partial charge in [-0.1, -0.05) is 388 Å². The van der Waals surface area contributed by atoms with Gasteiger partial charge in [-0.2, -0.15) is 0 Å². The first-order chi connectivity index (χ1) is 59.2. The summed E-state index contributed by atoms with van der Waals surface area (Å²) in [5.41, 5.74) is 0. The van der Waals surface area contributed by atoms with Crippen LogP contribution in [0.3, 0.4) is 0 Å². The number of hydrogen-bond donors (Lipinski definition) is 4. The molecule has 0 spiro atoms. The Balaban J connectivity index is 4.60. The molecule has 0 aliphatic carbocycles. The Morgan fingerprint density at radius 3 is 0.653 bits per heavy atom. The van der Waals surface area contributed by atoms with E-state index in [-0.39, 0.29) is 19.3 Å². The average Bonchev–Trinajstić information content (AvgIpc) is 0.870. The van der Waals surface area contributed by atoms with E-state index in [1.54, 1.807) is 0 Å². The molecule has 18 heteroatoms. The third-order valence-electron chi connectivity index (χ3n) is 19.5. The monoisotopic (exact) mass is 1730 g/mol. The topological polar surface area (TPSA) is 231 Å². The van der Waals surface area contributed by atoms with Gasteiger partial charge in [0.2, 0.25) is 0 Å². The number of carbonyl (C=O) groups is 3. The second-order valence-electron chi connectivity index (χ2n) is 31.0. The number of ether oxygens (including phenoxy) is 3. The molecule has 0 heterocycles. The third kappa shape index (κ3) is 94.6. The highest BCUT2D eigenvalue weighted by molar-refractivity contribution is 7.47. The van der Waals surface area contributed by atoms with Crippen LogP contribution in [0.5, 0.6) is 0 Å². The molecule has 121 heavy (non-hydrogen) atoms. The number of unbranched alkanes of at least 4 members (excludes halogenated alkanes) is 31. The van der Waals surface area contributed by atoms with Crippen LogP contribution in [0.1, 0.15) is 367 Å². The first kappa shape index (κ1) is 115. The maximum atomic E-state index is 13.1. The molecule has 0 aromatic rings. The van der Waals surface area contributed by atoms with Crippen molar-refractivity contribution in [3.05, 3.63) is 207 Å². The molecule has 0 rings (SSSR count). The van der Waals surface area contributed by atoms with Crippen LogP contribution in [0.4, 0.5) is 0 Å². The molecule has 0 radical (unpaired) electrons. The zero-order chi connectivity index (χ0) is 87.9. The van der Waals surface area contributed by atoms with Crippen molar-refractivity contribution in [2.75, 3.05) is 39.6 Å². The summed E-state index contributed by atoms with van der Waals surface area (Å²) in [5, 5.41) is 20.8. The molecule has 5 unspecified atom stereocenters. The first-order valence-corrected chi connectivity index (χ1v) is 50.4. The van der Waals surface area contributed by atoms with E-state index in [1.807, 2.05) is 0 Å². The summed E-state index contributed by atoms with van der Waals surface area (Å²) in [6.45, 7) is 2.33. The van der Waals surface area contributed by atoms with Crippen molar-refractivity contribution in [1.29, 1.82) is 0 Å². The number of aliphatic hydroxyl groups excluding tert-OH is 2. The lowest BCUT2D eigenvalue weighted by Crippen LogP contribution is -2.30. The first-order valence-electron chi connectivity index (χ1n) is 47.4. The molecule has 5 atom stereocenters. The molecule has 4 N–H and O–H groups in total. The van der Waals surface area contributed by atoms with Crippen LogP contribution in [-0.4, -0.2) is 95.9 Å². The molecule has 0 aliphatic rings. The van der Waals surface area contributed by atoms with Gasteiger partial charge < -0.3 is 34.2 Å². The van der Waals surface area contributed by atoms with Gasteiger partial charge in [-0.05, 0) is 167 Å². The molecule has 688 valence electrons. The molecule has 0 aromatic heterocycles. The van der Waals surface area contributed by atoms with Crippen molar-refractivity contribution in [2.45, 2.75) is 386 Å². The largest absolute Gasteiger partial charge is 0.472 e. The van der Waals surface area contributed by atoms with Crippen LogP contribution < -0.4 is 0 Å². The number of allylic oxidation sites excluding steroid dienone is 34. The number of carbonyl (C=O) groups excluding carboxylic acids is 3. The fraction of sp³-hybridized carbons (Fsp3) is 0.641. The van der Waals surface area contributed by atoms with E-state index in [0.717, 1.165) is 186 Å². The highest BCUT2D eigenvalue weighted by Crippen LogP contribution is 2.45. The van der Waals surface area contributed by atoms with Gasteiger partial charge in [-0.25, -0.2) is 9.13 Å². The Morgan fingerprint density at radius 1 is 0.231 bits per heavy atom. The van der Waals surface area contributed by atoms with Gasteiger partial charge >= 0.3 is 33.6 Å². The normalized spacial score (nSPS) is 14.7. The lowest BCUT2D eigenvalue weighted by atomic mass is 10.0. The number of phosphoric acid groups is 2. The molecule has 0 bridgehead atoms. The summed E-state index contributed by atoms with van der Waals surface area (Å²) in [7, 11) is -9.83. The summed E-state index contributed by atoms with van der Waals surface area (Å²) < 4.78 is 61.5. The zero-order valence-corrected chi connectivity index (χ0v) is 77.7. The predicted molar refractivity (Wildman–Crippen MR) is 509 cm³/mol. The Morgan fingerprint density at radius 2 is 0.413 bits per heavy atom. The third-order valence-corrected chi connectivity index (χ3v) is 21.4. The maximum Gasteiger partial charge on any atom is 0.472 e. The highest BCUT2D eigenvalue weighted by Gasteiger charge is 2.29. The minimum absolute atomic E-state index is 0.0674. The van der Waals surface area contributed by atoms with Crippen LogP contribution >= 0.6 is 15.6 Å². The predicted octanol–water partition coefficient (Wildman–Crippen LogP) is 29.6. The number of hydrogen-bond acceptors (Lipinski definition) is 14. The second-order valence-corrected chi connectivity index (χ2v) is 33.9. The van der Waals surface area contributed by atoms with Crippen molar-refractivity contribution in [3.8, 4) is 0 Å². The van der Waals surface area contributed by atoms with E-state index in [9.17, 15) is 43.5 Å². The summed E-state index contributed by atoms with van der Waals surface area (Å²) >= 11 is 0. The molecule has 0 aliphatic heterocycles. The highest BCUT2D eigenvalue weighted by atomic mass is 31.2. The fourth-order valence-corrected chi connectivity index (χ4v) is 14.0.